The lowest BCUT2D eigenvalue weighted by atomic mass is 10.3. The van der Waals surface area contributed by atoms with Gasteiger partial charge >= 0.3 is 0 Å². The van der Waals surface area contributed by atoms with E-state index in [-0.39, 0.29) is 0 Å². The van der Waals surface area contributed by atoms with Crippen molar-refractivity contribution in [3.05, 3.63) is 0 Å². The van der Waals surface area contributed by atoms with Crippen LogP contribution in [0.3, 0.4) is 0 Å². The van der Waals surface area contributed by atoms with Crippen molar-refractivity contribution in [2.45, 2.75) is 13.8 Å². The number of rotatable bonds is 4. The van der Waals surface area contributed by atoms with E-state index in [4.69, 9.17) is 0 Å². The minimum absolute atomic E-state index is 0.746. The first kappa shape index (κ1) is 9.15. The van der Waals surface area contributed by atoms with Gasteiger partial charge in [0.25, 0.3) is 0 Å². The quantitative estimate of drug-likeness (QED) is 0.357. The van der Waals surface area contributed by atoms with Crippen LogP contribution in [0.5, 0.6) is 0 Å². The molecule has 0 saturated carbocycles. The Hall–Kier alpha value is 0.150. The molecule has 0 radical (unpaired) electrons. The lowest BCUT2D eigenvalue weighted by molar-refractivity contribution is 0.750. The molecule has 3 heteroatoms. The molecule has 0 aromatic rings. The molecular formula is C6H11NS2. The van der Waals surface area contributed by atoms with E-state index in [1.165, 1.54) is 0 Å². The number of nitrogens with zero attached hydrogens (tertiary/aromatic N) is 1. The summed E-state index contributed by atoms with van der Waals surface area (Å²) in [5.74, 6) is 2.66. The van der Waals surface area contributed by atoms with Gasteiger partial charge in [-0.25, -0.2) is 4.99 Å². The molecule has 0 saturated heterocycles. The molecule has 0 aliphatic rings. The molecule has 0 unspecified atom stereocenters. The van der Waals surface area contributed by atoms with Gasteiger partial charge in [-0.3, -0.25) is 0 Å². The average Bonchev–Trinajstić information content (AvgIpc) is 1.80. The summed E-state index contributed by atoms with van der Waals surface area (Å²) in [4.78, 5) is 3.77. The largest absolute Gasteiger partial charge is 0.222 e. The number of thioether (sulfide) groups is 1. The number of aliphatic imine (C=N–C) groups is 1. The van der Waals surface area contributed by atoms with E-state index in [0.717, 1.165) is 17.5 Å². The van der Waals surface area contributed by atoms with Crippen molar-refractivity contribution >= 4 is 29.1 Å². The van der Waals surface area contributed by atoms with E-state index in [1.807, 2.05) is 0 Å². The van der Waals surface area contributed by atoms with E-state index < -0.39 is 0 Å². The molecular weight excluding hydrogens is 150 g/mol. The first-order chi connectivity index (χ1) is 4.27. The van der Waals surface area contributed by atoms with Crippen LogP contribution < -0.4 is 0 Å². The van der Waals surface area contributed by atoms with Crippen molar-refractivity contribution in [3.8, 4) is 0 Å². The fourth-order valence-electron chi connectivity index (χ4n) is 0.360. The number of thiocarbonyl (C=S) groups is 1. The Balaban J connectivity index is 3.00. The SMILES string of the molecule is CC(C)CSCN=C=S. The standard InChI is InChI=1S/C6H11NS2/c1-6(2)3-9-5-7-4-8/h6H,3,5H2,1-2H3. The first-order valence-electron chi connectivity index (χ1n) is 2.88. The van der Waals surface area contributed by atoms with Gasteiger partial charge in [-0.2, -0.15) is 0 Å². The maximum absolute atomic E-state index is 4.40. The summed E-state index contributed by atoms with van der Waals surface area (Å²) < 4.78 is 0. The Morgan fingerprint density at radius 2 is 2.33 bits per heavy atom. The highest BCUT2D eigenvalue weighted by Gasteiger charge is 1.90. The lowest BCUT2D eigenvalue weighted by Gasteiger charge is -1.98. The van der Waals surface area contributed by atoms with Crippen molar-refractivity contribution in [1.29, 1.82) is 0 Å². The second-order valence-corrected chi connectivity index (χ2v) is 3.33. The highest BCUT2D eigenvalue weighted by atomic mass is 32.2. The Morgan fingerprint density at radius 3 is 2.78 bits per heavy atom. The summed E-state index contributed by atoms with van der Waals surface area (Å²) in [5.41, 5.74) is 0. The van der Waals surface area contributed by atoms with Crippen molar-refractivity contribution < 1.29 is 0 Å². The summed E-state index contributed by atoms with van der Waals surface area (Å²) in [7, 11) is 0. The number of hydrogen-bond acceptors (Lipinski definition) is 3. The predicted octanol–water partition coefficient (Wildman–Crippen LogP) is 2.44. The molecule has 9 heavy (non-hydrogen) atoms. The van der Waals surface area contributed by atoms with Gasteiger partial charge in [-0.1, -0.05) is 13.8 Å². The van der Waals surface area contributed by atoms with Crippen molar-refractivity contribution in [2.24, 2.45) is 10.9 Å². The normalized spacial score (nSPS) is 9.22. The zero-order valence-corrected chi connectivity index (χ0v) is 7.39. The van der Waals surface area contributed by atoms with E-state index in [2.05, 4.69) is 36.2 Å². The van der Waals surface area contributed by atoms with E-state index in [1.54, 1.807) is 11.8 Å². The van der Waals surface area contributed by atoms with E-state index in [0.29, 0.717) is 0 Å². The molecule has 0 heterocycles. The van der Waals surface area contributed by atoms with E-state index >= 15 is 0 Å². The van der Waals surface area contributed by atoms with Crippen LogP contribution in [-0.2, 0) is 0 Å². The maximum Gasteiger partial charge on any atom is 0.0947 e. The van der Waals surface area contributed by atoms with Crippen molar-refractivity contribution in [1.82, 2.24) is 0 Å². The van der Waals surface area contributed by atoms with Crippen LogP contribution in [0.25, 0.3) is 0 Å². The zero-order valence-electron chi connectivity index (χ0n) is 5.76. The molecule has 0 aromatic carbocycles. The first-order valence-corrected chi connectivity index (χ1v) is 4.45. The van der Waals surface area contributed by atoms with E-state index in [9.17, 15) is 0 Å². The van der Waals surface area contributed by atoms with Gasteiger partial charge in [0.05, 0.1) is 11.0 Å². The third-order valence-electron chi connectivity index (χ3n) is 0.672. The molecule has 52 valence electrons. The third-order valence-corrected chi connectivity index (χ3v) is 2.01. The maximum atomic E-state index is 4.40. The molecule has 0 amide bonds. The molecule has 0 bridgehead atoms. The minimum Gasteiger partial charge on any atom is -0.222 e. The van der Waals surface area contributed by atoms with Crippen LogP contribution in [0, 0.1) is 5.92 Å². The van der Waals surface area contributed by atoms with Gasteiger partial charge in [0.15, 0.2) is 0 Å². The minimum atomic E-state index is 0.746. The summed E-state index contributed by atoms with van der Waals surface area (Å²) >= 11 is 6.19. The summed E-state index contributed by atoms with van der Waals surface area (Å²) in [6.07, 6.45) is 0. The smallest absolute Gasteiger partial charge is 0.0947 e. The van der Waals surface area contributed by atoms with Gasteiger partial charge in [-0.15, -0.1) is 11.8 Å². The van der Waals surface area contributed by atoms with Gasteiger partial charge in [-0.05, 0) is 23.9 Å². The highest BCUT2D eigenvalue weighted by molar-refractivity contribution is 7.99. The fraction of sp³-hybridized carbons (Fsp3) is 0.833. The van der Waals surface area contributed by atoms with Gasteiger partial charge in [0.1, 0.15) is 0 Å². The predicted molar refractivity (Wildman–Crippen MR) is 47.2 cm³/mol. The van der Waals surface area contributed by atoms with Crippen LogP contribution in [0.1, 0.15) is 13.8 Å². The van der Waals surface area contributed by atoms with Crippen molar-refractivity contribution in [2.75, 3.05) is 11.6 Å². The average molecular weight is 161 g/mol. The Kier molecular flexibility index (Phi) is 6.38. The second-order valence-electron chi connectivity index (χ2n) is 2.14. The number of hydrogen-bond donors (Lipinski definition) is 0. The fourth-order valence-corrected chi connectivity index (χ4v) is 1.24. The topological polar surface area (TPSA) is 12.4 Å². The summed E-state index contributed by atoms with van der Waals surface area (Å²) in [6, 6.07) is 0. The van der Waals surface area contributed by atoms with Crippen LogP contribution in [0.2, 0.25) is 0 Å². The Morgan fingerprint density at radius 1 is 1.67 bits per heavy atom. The molecule has 0 aliphatic heterocycles. The van der Waals surface area contributed by atoms with Crippen LogP contribution in [0.4, 0.5) is 0 Å². The van der Waals surface area contributed by atoms with Gasteiger partial charge in [0.2, 0.25) is 0 Å². The Bertz CT molecular complexity index is 106. The third kappa shape index (κ3) is 8.15. The molecule has 0 aliphatic carbocycles. The van der Waals surface area contributed by atoms with Crippen molar-refractivity contribution in [3.63, 3.8) is 0 Å². The zero-order chi connectivity index (χ0) is 7.11. The van der Waals surface area contributed by atoms with Gasteiger partial charge < -0.3 is 0 Å². The molecule has 0 fully saturated rings. The second kappa shape index (κ2) is 6.27. The molecule has 0 rings (SSSR count). The van der Waals surface area contributed by atoms with Crippen LogP contribution in [0.15, 0.2) is 4.99 Å². The molecule has 0 atom stereocenters. The Labute approximate surface area is 65.9 Å². The summed E-state index contributed by atoms with van der Waals surface area (Å²) in [6.45, 7) is 4.38. The molecule has 0 aromatic heterocycles. The number of isothiocyanates is 1. The molecule has 0 N–H and O–H groups in total. The van der Waals surface area contributed by atoms with Crippen LogP contribution >= 0.6 is 24.0 Å². The van der Waals surface area contributed by atoms with Crippen LogP contribution in [-0.4, -0.2) is 16.8 Å². The molecule has 0 spiro atoms. The molecule has 1 nitrogen and oxygen atoms in total. The summed E-state index contributed by atoms with van der Waals surface area (Å²) in [5, 5.41) is 2.33. The van der Waals surface area contributed by atoms with Gasteiger partial charge in [0, 0.05) is 0 Å². The monoisotopic (exact) mass is 161 g/mol. The highest BCUT2D eigenvalue weighted by Crippen LogP contribution is 2.06. The lowest BCUT2D eigenvalue weighted by Crippen LogP contribution is -1.90.